The summed E-state index contributed by atoms with van der Waals surface area (Å²) < 4.78 is 6.30. The van der Waals surface area contributed by atoms with E-state index in [0.29, 0.717) is 11.3 Å². The molecule has 2 aromatic rings. The van der Waals surface area contributed by atoms with Gasteiger partial charge in [0, 0.05) is 6.20 Å². The summed E-state index contributed by atoms with van der Waals surface area (Å²) in [7, 11) is 0. The highest BCUT2D eigenvalue weighted by Crippen LogP contribution is 2.06. The lowest BCUT2D eigenvalue weighted by Crippen LogP contribution is -1.72. The minimum Gasteiger partial charge on any atom is -0.261 e. The Hall–Kier alpha value is -1.58. The van der Waals surface area contributed by atoms with Crippen LogP contribution in [0.15, 0.2) is 23.6 Å². The molecule has 0 saturated carbocycles. The van der Waals surface area contributed by atoms with Gasteiger partial charge in [0.2, 0.25) is 5.65 Å². The molecule has 0 unspecified atom stereocenters. The van der Waals surface area contributed by atoms with Gasteiger partial charge in [0.25, 0.3) is 0 Å². The van der Waals surface area contributed by atoms with Crippen molar-refractivity contribution in [2.75, 3.05) is 0 Å². The standard InChI is InChI=1S/C6H5N3O/c1-2-5-6-7-3-4-9(6)10-8-5/h2-4H,1H2. The third-order valence-corrected chi connectivity index (χ3v) is 1.26. The summed E-state index contributed by atoms with van der Waals surface area (Å²) >= 11 is 0. The lowest BCUT2D eigenvalue weighted by atomic mass is 10.4. The van der Waals surface area contributed by atoms with E-state index in [0.717, 1.165) is 0 Å². The van der Waals surface area contributed by atoms with Gasteiger partial charge in [0.15, 0.2) is 5.69 Å². The first-order valence-electron chi connectivity index (χ1n) is 2.83. The molecule has 10 heavy (non-hydrogen) atoms. The summed E-state index contributed by atoms with van der Waals surface area (Å²) in [6.45, 7) is 3.56. The molecule has 0 saturated heterocycles. The first-order chi connectivity index (χ1) is 4.92. The van der Waals surface area contributed by atoms with Gasteiger partial charge in [-0.2, -0.15) is 0 Å². The fourth-order valence-corrected chi connectivity index (χ4v) is 0.794. The molecule has 0 atom stereocenters. The zero-order valence-electron chi connectivity index (χ0n) is 5.19. The van der Waals surface area contributed by atoms with Crippen molar-refractivity contribution in [1.29, 1.82) is 0 Å². The molecule has 0 aliphatic rings. The average Bonchev–Trinajstić information content (AvgIpc) is 2.44. The highest BCUT2D eigenvalue weighted by atomic mass is 16.6. The summed E-state index contributed by atoms with van der Waals surface area (Å²) in [5.74, 6) is 0. The van der Waals surface area contributed by atoms with Gasteiger partial charge in [-0.1, -0.05) is 6.58 Å². The molecule has 0 aromatic carbocycles. The molecule has 0 amide bonds. The number of aromatic nitrogens is 3. The van der Waals surface area contributed by atoms with Crippen LogP contribution in [0, 0.1) is 0 Å². The van der Waals surface area contributed by atoms with Crippen LogP contribution in [0.4, 0.5) is 0 Å². The summed E-state index contributed by atoms with van der Waals surface area (Å²) in [6, 6.07) is 0. The van der Waals surface area contributed by atoms with Crippen LogP contribution in [0.25, 0.3) is 11.7 Å². The van der Waals surface area contributed by atoms with Crippen molar-refractivity contribution in [1.82, 2.24) is 14.7 Å². The third-order valence-electron chi connectivity index (χ3n) is 1.26. The molecule has 4 nitrogen and oxygen atoms in total. The average molecular weight is 135 g/mol. The number of imidazole rings is 1. The Morgan fingerprint density at radius 3 is 3.40 bits per heavy atom. The van der Waals surface area contributed by atoms with Gasteiger partial charge in [0.05, 0.1) is 6.20 Å². The molecular weight excluding hydrogens is 130 g/mol. The van der Waals surface area contributed by atoms with Crippen molar-refractivity contribution in [3.63, 3.8) is 0 Å². The van der Waals surface area contributed by atoms with Crippen molar-refractivity contribution < 1.29 is 4.63 Å². The highest BCUT2D eigenvalue weighted by molar-refractivity contribution is 5.58. The van der Waals surface area contributed by atoms with E-state index in [1.54, 1.807) is 18.5 Å². The Morgan fingerprint density at radius 2 is 2.60 bits per heavy atom. The maximum atomic E-state index is 4.81. The fourth-order valence-electron chi connectivity index (χ4n) is 0.794. The van der Waals surface area contributed by atoms with Crippen molar-refractivity contribution >= 4 is 11.7 Å². The van der Waals surface area contributed by atoms with Gasteiger partial charge in [-0.3, -0.25) is 4.63 Å². The molecule has 0 aliphatic heterocycles. The molecule has 0 N–H and O–H groups in total. The predicted molar refractivity (Wildman–Crippen MR) is 35.3 cm³/mol. The molecule has 0 spiro atoms. The largest absolute Gasteiger partial charge is 0.261 e. The van der Waals surface area contributed by atoms with Crippen molar-refractivity contribution in [2.24, 2.45) is 0 Å². The van der Waals surface area contributed by atoms with Crippen molar-refractivity contribution in [3.05, 3.63) is 24.7 Å². The van der Waals surface area contributed by atoms with Crippen molar-refractivity contribution in [2.45, 2.75) is 0 Å². The summed E-state index contributed by atoms with van der Waals surface area (Å²) in [5, 5.41) is 3.68. The molecule has 2 rings (SSSR count). The first-order valence-corrected chi connectivity index (χ1v) is 2.83. The van der Waals surface area contributed by atoms with E-state index in [9.17, 15) is 0 Å². The Kier molecular flexibility index (Phi) is 0.887. The molecule has 4 heteroatoms. The lowest BCUT2D eigenvalue weighted by Gasteiger charge is -1.73. The molecule has 0 fully saturated rings. The number of hydrogen-bond acceptors (Lipinski definition) is 3. The van der Waals surface area contributed by atoms with E-state index in [4.69, 9.17) is 4.63 Å². The van der Waals surface area contributed by atoms with Crippen LogP contribution in [0.3, 0.4) is 0 Å². The van der Waals surface area contributed by atoms with Gasteiger partial charge >= 0.3 is 0 Å². The lowest BCUT2D eigenvalue weighted by molar-refractivity contribution is 0.272. The van der Waals surface area contributed by atoms with Crippen LogP contribution in [0.1, 0.15) is 5.69 Å². The van der Waals surface area contributed by atoms with Crippen LogP contribution in [0.5, 0.6) is 0 Å². The van der Waals surface area contributed by atoms with Crippen LogP contribution >= 0.6 is 0 Å². The zero-order chi connectivity index (χ0) is 6.97. The van der Waals surface area contributed by atoms with E-state index >= 15 is 0 Å². The van der Waals surface area contributed by atoms with Crippen LogP contribution < -0.4 is 0 Å². The van der Waals surface area contributed by atoms with Crippen LogP contribution in [-0.4, -0.2) is 14.7 Å². The molecule has 0 radical (unpaired) electrons. The summed E-state index contributed by atoms with van der Waals surface area (Å²) in [5.41, 5.74) is 1.38. The minimum atomic E-state index is 0.671. The highest BCUT2D eigenvalue weighted by Gasteiger charge is 2.02. The fraction of sp³-hybridized carbons (Fsp3) is 0. The molecule has 50 valence electrons. The van der Waals surface area contributed by atoms with Gasteiger partial charge in [-0.05, 0) is 11.2 Å². The maximum Gasteiger partial charge on any atom is 0.200 e. The van der Waals surface area contributed by atoms with Gasteiger partial charge in [-0.15, -0.1) is 4.57 Å². The van der Waals surface area contributed by atoms with Gasteiger partial charge in [0.1, 0.15) is 0 Å². The van der Waals surface area contributed by atoms with E-state index in [2.05, 4.69) is 16.7 Å². The van der Waals surface area contributed by atoms with Gasteiger partial charge < -0.3 is 0 Å². The minimum absolute atomic E-state index is 0.671. The van der Waals surface area contributed by atoms with Crippen LogP contribution in [0.2, 0.25) is 0 Å². The Morgan fingerprint density at radius 1 is 1.70 bits per heavy atom. The van der Waals surface area contributed by atoms with Crippen molar-refractivity contribution in [3.8, 4) is 0 Å². The number of nitrogens with zero attached hydrogens (tertiary/aromatic N) is 3. The third kappa shape index (κ3) is 0.500. The molecule has 2 aromatic heterocycles. The second kappa shape index (κ2) is 1.70. The Labute approximate surface area is 56.7 Å². The second-order valence-corrected chi connectivity index (χ2v) is 1.84. The molecular formula is C6H5N3O. The monoisotopic (exact) mass is 135 g/mol. The second-order valence-electron chi connectivity index (χ2n) is 1.84. The quantitative estimate of drug-likeness (QED) is 0.585. The maximum absolute atomic E-state index is 4.81. The van der Waals surface area contributed by atoms with E-state index < -0.39 is 0 Å². The summed E-state index contributed by atoms with van der Waals surface area (Å²) in [4.78, 5) is 3.98. The SMILES string of the molecule is C=Cc1non2ccnc12. The van der Waals surface area contributed by atoms with Crippen LogP contribution in [-0.2, 0) is 0 Å². The normalized spacial score (nSPS) is 10.4. The topological polar surface area (TPSA) is 43.3 Å². The first kappa shape index (κ1) is 5.22. The Balaban J connectivity index is 2.88. The number of rotatable bonds is 1. The van der Waals surface area contributed by atoms with Gasteiger partial charge in [-0.25, -0.2) is 4.98 Å². The smallest absolute Gasteiger partial charge is 0.200 e. The number of fused-ring (bicyclic) bond motifs is 1. The van der Waals surface area contributed by atoms with E-state index in [1.807, 2.05) is 0 Å². The van der Waals surface area contributed by atoms with E-state index in [1.165, 1.54) is 4.57 Å². The zero-order valence-corrected chi connectivity index (χ0v) is 5.19. The molecule has 0 bridgehead atoms. The van der Waals surface area contributed by atoms with E-state index in [-0.39, 0.29) is 0 Å². The Bertz CT molecular complexity index is 360. The number of hydrogen-bond donors (Lipinski definition) is 0. The molecule has 0 aliphatic carbocycles. The molecule has 2 heterocycles. The summed E-state index contributed by atoms with van der Waals surface area (Å²) in [6.07, 6.45) is 4.94. The predicted octanol–water partition coefficient (Wildman–Crippen LogP) is 0.965.